The van der Waals surface area contributed by atoms with Gasteiger partial charge in [0.2, 0.25) is 5.91 Å². The van der Waals surface area contributed by atoms with E-state index in [1.165, 1.54) is 11.3 Å². The molecule has 0 aromatic heterocycles. The third-order valence-electron chi connectivity index (χ3n) is 4.04. The van der Waals surface area contributed by atoms with Crippen LogP contribution in [0.25, 0.3) is 0 Å². The van der Waals surface area contributed by atoms with Gasteiger partial charge < -0.3 is 15.5 Å². The Bertz CT molecular complexity index is 461. The number of benzene rings is 1. The molecule has 0 saturated heterocycles. The van der Waals surface area contributed by atoms with E-state index in [1.807, 2.05) is 20.0 Å². The topological polar surface area (TPSA) is 44.4 Å². The first-order chi connectivity index (χ1) is 9.65. The molecule has 20 heavy (non-hydrogen) atoms. The number of para-hydroxylation sites is 1. The first kappa shape index (κ1) is 14.9. The summed E-state index contributed by atoms with van der Waals surface area (Å²) in [5.41, 5.74) is 2.47. The molecule has 110 valence electrons. The SMILES string of the molecule is CCC(C)NC(=O)CN1CCC(NC)c2ccccc21. The number of hydrogen-bond donors (Lipinski definition) is 2. The van der Waals surface area contributed by atoms with Crippen molar-refractivity contribution in [2.24, 2.45) is 0 Å². The van der Waals surface area contributed by atoms with E-state index in [-0.39, 0.29) is 11.9 Å². The monoisotopic (exact) mass is 275 g/mol. The van der Waals surface area contributed by atoms with Crippen molar-refractivity contribution in [2.75, 3.05) is 25.0 Å². The molecule has 2 atom stereocenters. The van der Waals surface area contributed by atoms with Crippen LogP contribution in [0.2, 0.25) is 0 Å². The lowest BCUT2D eigenvalue weighted by atomic mass is 9.96. The van der Waals surface area contributed by atoms with Crippen molar-refractivity contribution >= 4 is 11.6 Å². The fourth-order valence-corrected chi connectivity index (χ4v) is 2.69. The number of amides is 1. The molecule has 0 fully saturated rings. The summed E-state index contributed by atoms with van der Waals surface area (Å²) in [6, 6.07) is 8.99. The van der Waals surface area contributed by atoms with Gasteiger partial charge in [-0.05, 0) is 38.4 Å². The zero-order valence-electron chi connectivity index (χ0n) is 12.6. The van der Waals surface area contributed by atoms with Crippen LogP contribution >= 0.6 is 0 Å². The number of fused-ring (bicyclic) bond motifs is 1. The van der Waals surface area contributed by atoms with E-state index in [1.54, 1.807) is 0 Å². The first-order valence-corrected chi connectivity index (χ1v) is 7.46. The smallest absolute Gasteiger partial charge is 0.239 e. The van der Waals surface area contributed by atoms with Gasteiger partial charge in [0.05, 0.1) is 6.54 Å². The third kappa shape index (κ3) is 3.31. The summed E-state index contributed by atoms with van der Waals surface area (Å²) in [6.45, 7) is 5.48. The van der Waals surface area contributed by atoms with Crippen molar-refractivity contribution in [3.05, 3.63) is 29.8 Å². The third-order valence-corrected chi connectivity index (χ3v) is 4.04. The Labute approximate surface area is 121 Å². The Morgan fingerprint density at radius 2 is 2.20 bits per heavy atom. The molecule has 0 saturated carbocycles. The molecule has 4 heteroatoms. The van der Waals surface area contributed by atoms with Gasteiger partial charge in [-0.25, -0.2) is 0 Å². The summed E-state index contributed by atoms with van der Waals surface area (Å²) in [7, 11) is 1.99. The Hall–Kier alpha value is -1.55. The quantitative estimate of drug-likeness (QED) is 0.864. The van der Waals surface area contributed by atoms with Gasteiger partial charge in [-0.15, -0.1) is 0 Å². The van der Waals surface area contributed by atoms with E-state index in [0.29, 0.717) is 12.6 Å². The van der Waals surface area contributed by atoms with Gasteiger partial charge in [0, 0.05) is 24.3 Å². The molecule has 1 heterocycles. The van der Waals surface area contributed by atoms with E-state index in [0.717, 1.165) is 19.4 Å². The molecule has 0 aliphatic carbocycles. The summed E-state index contributed by atoms with van der Waals surface area (Å²) < 4.78 is 0. The van der Waals surface area contributed by atoms with Gasteiger partial charge in [-0.1, -0.05) is 25.1 Å². The van der Waals surface area contributed by atoms with Crippen LogP contribution in [0.15, 0.2) is 24.3 Å². The highest BCUT2D eigenvalue weighted by Gasteiger charge is 2.24. The lowest BCUT2D eigenvalue weighted by molar-refractivity contribution is -0.120. The second kappa shape index (κ2) is 6.75. The van der Waals surface area contributed by atoms with Gasteiger partial charge in [0.15, 0.2) is 0 Å². The van der Waals surface area contributed by atoms with Crippen LogP contribution in [0.5, 0.6) is 0 Å². The van der Waals surface area contributed by atoms with Crippen molar-refractivity contribution in [2.45, 2.75) is 38.8 Å². The molecule has 1 amide bonds. The maximum absolute atomic E-state index is 12.1. The van der Waals surface area contributed by atoms with Crippen LogP contribution in [0.1, 0.15) is 38.3 Å². The predicted molar refractivity (Wildman–Crippen MR) is 83.0 cm³/mol. The average molecular weight is 275 g/mol. The highest BCUT2D eigenvalue weighted by Crippen LogP contribution is 2.32. The first-order valence-electron chi connectivity index (χ1n) is 7.46. The van der Waals surface area contributed by atoms with Gasteiger partial charge in [0.25, 0.3) is 0 Å². The Morgan fingerprint density at radius 1 is 1.45 bits per heavy atom. The second-order valence-corrected chi connectivity index (χ2v) is 5.49. The minimum atomic E-state index is 0.108. The summed E-state index contributed by atoms with van der Waals surface area (Å²) >= 11 is 0. The number of hydrogen-bond acceptors (Lipinski definition) is 3. The van der Waals surface area contributed by atoms with Crippen LogP contribution in [0.4, 0.5) is 5.69 Å². The number of rotatable bonds is 5. The van der Waals surface area contributed by atoms with Crippen LogP contribution in [0.3, 0.4) is 0 Å². The van der Waals surface area contributed by atoms with Gasteiger partial charge in [-0.2, -0.15) is 0 Å². The molecule has 2 unspecified atom stereocenters. The largest absolute Gasteiger partial charge is 0.362 e. The number of nitrogens with zero attached hydrogens (tertiary/aromatic N) is 1. The molecular formula is C16H25N3O. The molecule has 4 nitrogen and oxygen atoms in total. The summed E-state index contributed by atoms with van der Waals surface area (Å²) in [4.78, 5) is 14.3. The van der Waals surface area contributed by atoms with E-state index < -0.39 is 0 Å². The molecule has 2 rings (SSSR count). The van der Waals surface area contributed by atoms with Crippen molar-refractivity contribution in [1.82, 2.24) is 10.6 Å². The van der Waals surface area contributed by atoms with Crippen LogP contribution < -0.4 is 15.5 Å². The molecule has 1 aromatic carbocycles. The van der Waals surface area contributed by atoms with Crippen molar-refractivity contribution in [1.29, 1.82) is 0 Å². The molecule has 1 aromatic rings. The maximum atomic E-state index is 12.1. The molecule has 0 spiro atoms. The highest BCUT2D eigenvalue weighted by molar-refractivity contribution is 5.82. The van der Waals surface area contributed by atoms with Gasteiger partial charge in [-0.3, -0.25) is 4.79 Å². The molecule has 0 bridgehead atoms. The zero-order valence-corrected chi connectivity index (χ0v) is 12.6. The maximum Gasteiger partial charge on any atom is 0.239 e. The van der Waals surface area contributed by atoms with Gasteiger partial charge >= 0.3 is 0 Å². The predicted octanol–water partition coefficient (Wildman–Crippen LogP) is 2.07. The summed E-state index contributed by atoms with van der Waals surface area (Å²) in [6.07, 6.45) is 1.99. The van der Waals surface area contributed by atoms with E-state index in [9.17, 15) is 4.79 Å². The summed E-state index contributed by atoms with van der Waals surface area (Å²) in [5.74, 6) is 0.108. The van der Waals surface area contributed by atoms with Crippen LogP contribution in [-0.2, 0) is 4.79 Å². The zero-order chi connectivity index (χ0) is 14.5. The van der Waals surface area contributed by atoms with Crippen LogP contribution in [0, 0.1) is 0 Å². The van der Waals surface area contributed by atoms with Crippen molar-refractivity contribution in [3.63, 3.8) is 0 Å². The average Bonchev–Trinajstić information content (AvgIpc) is 2.47. The van der Waals surface area contributed by atoms with Crippen molar-refractivity contribution in [3.8, 4) is 0 Å². The standard InChI is InChI=1S/C16H25N3O/c1-4-12(2)18-16(20)11-19-10-9-14(17-3)13-7-5-6-8-15(13)19/h5-8,12,14,17H,4,9-11H2,1-3H3,(H,18,20). The Balaban J connectivity index is 2.08. The number of carbonyl (C=O) groups excluding carboxylic acids is 1. The number of nitrogens with one attached hydrogen (secondary N) is 2. The van der Waals surface area contributed by atoms with Gasteiger partial charge in [0.1, 0.15) is 0 Å². The van der Waals surface area contributed by atoms with E-state index >= 15 is 0 Å². The Kier molecular flexibility index (Phi) is 5.01. The molecule has 2 N–H and O–H groups in total. The van der Waals surface area contributed by atoms with Crippen LogP contribution in [-0.4, -0.2) is 32.1 Å². The normalized spacial score (nSPS) is 19.4. The van der Waals surface area contributed by atoms with E-state index in [4.69, 9.17) is 0 Å². The second-order valence-electron chi connectivity index (χ2n) is 5.49. The molecule has 1 aliphatic rings. The minimum Gasteiger partial charge on any atom is -0.362 e. The molecule has 1 aliphatic heterocycles. The molecular weight excluding hydrogens is 250 g/mol. The number of anilines is 1. The van der Waals surface area contributed by atoms with E-state index in [2.05, 4.69) is 40.7 Å². The fraction of sp³-hybridized carbons (Fsp3) is 0.562. The number of carbonyl (C=O) groups is 1. The highest BCUT2D eigenvalue weighted by atomic mass is 16.2. The fourth-order valence-electron chi connectivity index (χ4n) is 2.69. The lowest BCUT2D eigenvalue weighted by Gasteiger charge is -2.35. The minimum absolute atomic E-state index is 0.108. The molecule has 0 radical (unpaired) electrons. The van der Waals surface area contributed by atoms with Crippen molar-refractivity contribution < 1.29 is 4.79 Å². The lowest BCUT2D eigenvalue weighted by Crippen LogP contribution is -2.44. The Morgan fingerprint density at radius 3 is 2.90 bits per heavy atom. The summed E-state index contributed by atoms with van der Waals surface area (Å²) in [5, 5.41) is 6.38.